The topological polar surface area (TPSA) is 29.9 Å². The summed E-state index contributed by atoms with van der Waals surface area (Å²) in [4.78, 5) is 0. The molecule has 1 N–H and O–H groups in total. The molecule has 0 saturated carbocycles. The van der Waals surface area contributed by atoms with E-state index >= 15 is 0 Å². The molecule has 1 rings (SSSR count). The van der Waals surface area contributed by atoms with Crippen LogP contribution in [-0.2, 0) is 6.54 Å². The average Bonchev–Trinajstić information content (AvgIpc) is 2.87. The fraction of sp³-hybridized carbons (Fsp3) is 0.812. The summed E-state index contributed by atoms with van der Waals surface area (Å²) in [5, 5.41) is 7.84. The van der Waals surface area contributed by atoms with Gasteiger partial charge in [0.2, 0.25) is 0 Å². The van der Waals surface area contributed by atoms with Crippen molar-refractivity contribution < 1.29 is 0 Å². The van der Waals surface area contributed by atoms with Crippen molar-refractivity contribution in [3.05, 3.63) is 18.0 Å². The van der Waals surface area contributed by atoms with Gasteiger partial charge in [-0.3, -0.25) is 4.68 Å². The van der Waals surface area contributed by atoms with Crippen LogP contribution in [0.25, 0.3) is 0 Å². The normalized spacial score (nSPS) is 12.8. The monoisotopic (exact) mass is 265 g/mol. The van der Waals surface area contributed by atoms with Gasteiger partial charge in [-0.25, -0.2) is 0 Å². The van der Waals surface area contributed by atoms with E-state index < -0.39 is 0 Å². The van der Waals surface area contributed by atoms with E-state index in [1.165, 1.54) is 50.5 Å². The summed E-state index contributed by atoms with van der Waals surface area (Å²) in [7, 11) is 2.05. The Balaban J connectivity index is 2.27. The summed E-state index contributed by atoms with van der Waals surface area (Å²) in [5.41, 5.74) is 1.34. The number of hydrogen-bond donors (Lipinski definition) is 1. The van der Waals surface area contributed by atoms with E-state index in [-0.39, 0.29) is 0 Å². The van der Waals surface area contributed by atoms with Gasteiger partial charge in [0.05, 0.1) is 6.20 Å². The van der Waals surface area contributed by atoms with E-state index in [1.54, 1.807) is 0 Å². The van der Waals surface area contributed by atoms with Crippen molar-refractivity contribution in [1.29, 1.82) is 0 Å². The lowest BCUT2D eigenvalue weighted by Crippen LogP contribution is -2.15. The predicted octanol–water partition coefficient (Wildman–Crippen LogP) is 4.30. The predicted molar refractivity (Wildman–Crippen MR) is 82.3 cm³/mol. The summed E-state index contributed by atoms with van der Waals surface area (Å²) >= 11 is 0. The molecule has 0 bridgehead atoms. The molecule has 3 nitrogen and oxygen atoms in total. The van der Waals surface area contributed by atoms with Crippen molar-refractivity contribution in [2.75, 3.05) is 7.05 Å². The summed E-state index contributed by atoms with van der Waals surface area (Å²) in [6.07, 6.45) is 14.8. The molecule has 1 aromatic rings. The number of hydrogen-bond acceptors (Lipinski definition) is 2. The van der Waals surface area contributed by atoms with Crippen LogP contribution in [-0.4, -0.2) is 16.8 Å². The fourth-order valence-corrected chi connectivity index (χ4v) is 2.52. The summed E-state index contributed by atoms with van der Waals surface area (Å²) in [5.74, 6) is 0. The molecular weight excluding hydrogens is 234 g/mol. The van der Waals surface area contributed by atoms with E-state index in [4.69, 9.17) is 0 Å². The average molecular weight is 265 g/mol. The van der Waals surface area contributed by atoms with E-state index in [9.17, 15) is 0 Å². The molecule has 0 fully saturated rings. The number of rotatable bonds is 11. The van der Waals surface area contributed by atoms with Crippen LogP contribution in [0.15, 0.2) is 12.4 Å². The molecule has 3 heteroatoms. The van der Waals surface area contributed by atoms with E-state index in [1.807, 2.05) is 6.20 Å². The lowest BCUT2D eigenvalue weighted by Gasteiger charge is -2.14. The van der Waals surface area contributed by atoms with Crippen molar-refractivity contribution in [2.24, 2.45) is 0 Å². The van der Waals surface area contributed by atoms with Crippen LogP contribution in [0.5, 0.6) is 0 Å². The number of unbranched alkanes of at least 4 members (excludes halogenated alkanes) is 5. The molecule has 0 aliphatic carbocycles. The van der Waals surface area contributed by atoms with Gasteiger partial charge in [0.1, 0.15) is 0 Å². The van der Waals surface area contributed by atoms with Gasteiger partial charge in [0.25, 0.3) is 0 Å². The Morgan fingerprint density at radius 1 is 1.11 bits per heavy atom. The maximum absolute atomic E-state index is 4.42. The lowest BCUT2D eigenvalue weighted by atomic mass is 10.0. The van der Waals surface area contributed by atoms with E-state index in [0.29, 0.717) is 6.04 Å². The number of aryl methyl sites for hydroxylation is 1. The molecule has 19 heavy (non-hydrogen) atoms. The second-order valence-corrected chi connectivity index (χ2v) is 5.43. The van der Waals surface area contributed by atoms with Gasteiger partial charge in [-0.2, -0.15) is 5.10 Å². The molecule has 1 unspecified atom stereocenters. The number of aromatic nitrogens is 2. The van der Waals surface area contributed by atoms with Crippen LogP contribution in [0, 0.1) is 0 Å². The highest BCUT2D eigenvalue weighted by Gasteiger charge is 2.10. The Morgan fingerprint density at radius 2 is 1.84 bits per heavy atom. The van der Waals surface area contributed by atoms with Gasteiger partial charge in [-0.05, 0) is 19.9 Å². The zero-order valence-corrected chi connectivity index (χ0v) is 13.0. The van der Waals surface area contributed by atoms with E-state index in [0.717, 1.165) is 13.0 Å². The van der Waals surface area contributed by atoms with Crippen LogP contribution in [0.3, 0.4) is 0 Å². The minimum absolute atomic E-state index is 0.469. The maximum Gasteiger partial charge on any atom is 0.0537 e. The molecular formula is C16H31N3. The molecule has 0 amide bonds. The standard InChI is InChI=1S/C16H31N3/c1-4-6-7-8-9-10-11-16(17-3)15-13-18-19(14-15)12-5-2/h13-14,16-17H,4-12H2,1-3H3. The van der Waals surface area contributed by atoms with Crippen LogP contribution >= 0.6 is 0 Å². The summed E-state index contributed by atoms with van der Waals surface area (Å²) in [6.45, 7) is 5.48. The second-order valence-electron chi connectivity index (χ2n) is 5.43. The van der Waals surface area contributed by atoms with Gasteiger partial charge < -0.3 is 5.32 Å². The van der Waals surface area contributed by atoms with Crippen LogP contribution in [0.4, 0.5) is 0 Å². The summed E-state index contributed by atoms with van der Waals surface area (Å²) < 4.78 is 2.06. The third-order valence-electron chi connectivity index (χ3n) is 3.70. The Labute approximate surface area is 118 Å². The third kappa shape index (κ3) is 6.24. The first kappa shape index (κ1) is 16.2. The Morgan fingerprint density at radius 3 is 2.53 bits per heavy atom. The van der Waals surface area contributed by atoms with Gasteiger partial charge >= 0.3 is 0 Å². The van der Waals surface area contributed by atoms with Crippen molar-refractivity contribution in [3.8, 4) is 0 Å². The quantitative estimate of drug-likeness (QED) is 0.604. The lowest BCUT2D eigenvalue weighted by molar-refractivity contribution is 0.497. The second kappa shape index (κ2) is 10.0. The minimum atomic E-state index is 0.469. The zero-order valence-electron chi connectivity index (χ0n) is 13.0. The van der Waals surface area contributed by atoms with E-state index in [2.05, 4.69) is 42.2 Å². The Bertz CT molecular complexity index is 320. The fourth-order valence-electron chi connectivity index (χ4n) is 2.52. The van der Waals surface area contributed by atoms with Gasteiger partial charge in [0.15, 0.2) is 0 Å². The molecule has 0 spiro atoms. The molecule has 1 heterocycles. The van der Waals surface area contributed by atoms with Gasteiger partial charge in [-0.15, -0.1) is 0 Å². The highest BCUT2D eigenvalue weighted by Crippen LogP contribution is 2.19. The third-order valence-corrected chi connectivity index (χ3v) is 3.70. The number of nitrogens with zero attached hydrogens (tertiary/aromatic N) is 2. The van der Waals surface area contributed by atoms with Crippen molar-refractivity contribution in [1.82, 2.24) is 15.1 Å². The number of nitrogens with one attached hydrogen (secondary N) is 1. The molecule has 0 radical (unpaired) electrons. The highest BCUT2D eigenvalue weighted by atomic mass is 15.3. The SMILES string of the molecule is CCCCCCCCC(NC)c1cnn(CCC)c1. The van der Waals surface area contributed by atoms with Crippen LogP contribution < -0.4 is 5.32 Å². The minimum Gasteiger partial charge on any atom is -0.313 e. The first-order valence-electron chi connectivity index (χ1n) is 8.01. The maximum atomic E-state index is 4.42. The Hall–Kier alpha value is -0.830. The van der Waals surface area contributed by atoms with Gasteiger partial charge in [-0.1, -0.05) is 52.4 Å². The Kier molecular flexibility index (Phi) is 8.55. The first-order chi connectivity index (χ1) is 9.31. The smallest absolute Gasteiger partial charge is 0.0537 e. The van der Waals surface area contributed by atoms with Crippen molar-refractivity contribution in [2.45, 2.75) is 77.8 Å². The largest absolute Gasteiger partial charge is 0.313 e. The van der Waals surface area contributed by atoms with Crippen LogP contribution in [0.1, 0.15) is 76.8 Å². The zero-order chi connectivity index (χ0) is 13.9. The van der Waals surface area contributed by atoms with Gasteiger partial charge in [0, 0.05) is 24.3 Å². The highest BCUT2D eigenvalue weighted by molar-refractivity contribution is 5.10. The van der Waals surface area contributed by atoms with Crippen LogP contribution in [0.2, 0.25) is 0 Å². The molecule has 1 atom stereocenters. The van der Waals surface area contributed by atoms with Crippen molar-refractivity contribution >= 4 is 0 Å². The molecule has 110 valence electrons. The molecule has 0 saturated heterocycles. The molecule has 0 aromatic carbocycles. The molecule has 1 aromatic heterocycles. The first-order valence-corrected chi connectivity index (χ1v) is 8.01. The van der Waals surface area contributed by atoms with Crippen molar-refractivity contribution in [3.63, 3.8) is 0 Å². The molecule has 0 aliphatic rings. The summed E-state index contributed by atoms with van der Waals surface area (Å²) in [6, 6.07) is 0.469. The molecule has 0 aliphatic heterocycles.